The van der Waals surface area contributed by atoms with Crippen LogP contribution in [-0.4, -0.2) is 61.5 Å². The monoisotopic (exact) mass is 686 g/mol. The standard InChI is InChI=1S/C36H40Cl2N8O2/c1-20-18-45(19-32(47)41-20)35(44-29-14-23-13-27(21(29)2)36(23,3)4)42-25-7-8-26-30(16-25)43-33(31-17-39-10-11-40-31)46(34(26)48)12-9-22-5-6-24(37)15-28(22)38/h5-8,10-11,15-17,20-21,23,27,29H,9,12-14,18-19H2,1-4H3,(H,41,47)(H,42,44)/t20-,21-,23-,27+,29?/m0/s1. The van der Waals surface area contributed by atoms with Crippen molar-refractivity contribution in [3.63, 3.8) is 0 Å². The van der Waals surface area contributed by atoms with E-state index in [1.165, 1.54) is 6.42 Å². The average molecular weight is 688 g/mol. The molecule has 2 aromatic carbocycles. The first-order valence-corrected chi connectivity index (χ1v) is 17.4. The summed E-state index contributed by atoms with van der Waals surface area (Å²) in [5.41, 5.74) is 2.77. The number of nitrogens with one attached hydrogen (secondary N) is 2. The van der Waals surface area contributed by atoms with Crippen LogP contribution in [0.3, 0.4) is 0 Å². The Morgan fingerprint density at radius 3 is 2.65 bits per heavy atom. The van der Waals surface area contributed by atoms with Crippen LogP contribution in [0.1, 0.15) is 46.1 Å². The van der Waals surface area contributed by atoms with Gasteiger partial charge in [0, 0.05) is 47.3 Å². The predicted molar refractivity (Wildman–Crippen MR) is 190 cm³/mol. The van der Waals surface area contributed by atoms with Gasteiger partial charge in [0.25, 0.3) is 5.56 Å². The van der Waals surface area contributed by atoms with Gasteiger partial charge in [0.2, 0.25) is 5.91 Å². The summed E-state index contributed by atoms with van der Waals surface area (Å²) in [6.07, 6.45) is 7.57. The molecule has 5 atom stereocenters. The molecule has 4 fully saturated rings. The lowest BCUT2D eigenvalue weighted by Gasteiger charge is -2.61. The van der Waals surface area contributed by atoms with E-state index in [-0.39, 0.29) is 30.1 Å². The Morgan fingerprint density at radius 2 is 1.94 bits per heavy atom. The first-order valence-electron chi connectivity index (χ1n) is 16.6. The topological polar surface area (TPSA) is 117 Å². The molecule has 4 aliphatic rings. The fraction of sp³-hybridized carbons (Fsp3) is 0.444. The minimum absolute atomic E-state index is 0.0107. The third kappa shape index (κ3) is 6.16. The maximum absolute atomic E-state index is 14.0. The van der Waals surface area contributed by atoms with Crippen LogP contribution < -0.4 is 16.2 Å². The number of aryl methyl sites for hydroxylation is 1. The van der Waals surface area contributed by atoms with Crippen LogP contribution in [0, 0.1) is 23.2 Å². The van der Waals surface area contributed by atoms with Gasteiger partial charge in [0.15, 0.2) is 11.8 Å². The molecule has 250 valence electrons. The van der Waals surface area contributed by atoms with E-state index in [9.17, 15) is 9.59 Å². The number of benzene rings is 2. The van der Waals surface area contributed by atoms with Gasteiger partial charge in [-0.15, -0.1) is 0 Å². The fourth-order valence-electron chi connectivity index (χ4n) is 7.94. The molecule has 3 saturated carbocycles. The van der Waals surface area contributed by atoms with Crippen LogP contribution in [0.15, 0.2) is 64.8 Å². The quantitative estimate of drug-likeness (QED) is 0.187. The first-order chi connectivity index (χ1) is 23.0. The highest BCUT2D eigenvalue weighted by Gasteiger charge is 2.56. The van der Waals surface area contributed by atoms with E-state index in [2.05, 4.69) is 41.4 Å². The van der Waals surface area contributed by atoms with Crippen molar-refractivity contribution in [2.24, 2.45) is 28.2 Å². The smallest absolute Gasteiger partial charge is 0.261 e. The summed E-state index contributed by atoms with van der Waals surface area (Å²) in [5.74, 6) is 2.78. The number of anilines is 1. The lowest BCUT2D eigenvalue weighted by atomic mass is 9.45. The first kappa shape index (κ1) is 32.5. The second kappa shape index (κ2) is 12.8. The van der Waals surface area contributed by atoms with Crippen molar-refractivity contribution in [2.45, 2.75) is 65.6 Å². The Balaban J connectivity index is 1.24. The molecule has 0 spiro atoms. The second-order valence-electron chi connectivity index (χ2n) is 14.1. The molecule has 3 aliphatic carbocycles. The molecule has 48 heavy (non-hydrogen) atoms. The lowest BCUT2D eigenvalue weighted by molar-refractivity contribution is -0.124. The lowest BCUT2D eigenvalue weighted by Crippen LogP contribution is -2.58. The second-order valence-corrected chi connectivity index (χ2v) is 15.0. The highest BCUT2D eigenvalue weighted by molar-refractivity contribution is 6.35. The van der Waals surface area contributed by atoms with Crippen LogP contribution in [-0.2, 0) is 17.8 Å². The number of rotatable bonds is 6. The number of hydrogen-bond donors (Lipinski definition) is 2. The average Bonchev–Trinajstić information content (AvgIpc) is 3.05. The Bertz CT molecular complexity index is 1960. The molecular formula is C36H40Cl2N8O2. The zero-order chi connectivity index (χ0) is 33.7. The Hall–Kier alpha value is -4.02. The largest absolute Gasteiger partial charge is 0.350 e. The molecule has 2 N–H and O–H groups in total. The van der Waals surface area contributed by atoms with Crippen LogP contribution in [0.2, 0.25) is 10.0 Å². The number of aliphatic imine (C=N–C) groups is 1. The zero-order valence-electron chi connectivity index (χ0n) is 27.6. The SMILES string of the molecule is C[C@@H]1C(N=C(Nc2ccc3c(=O)n(CCc4ccc(Cl)cc4Cl)c(-c4cnccn4)nc3c2)N2CC(=O)N[C@@H](C)C2)C[C@@H]2C[C@H]1C2(C)C. The Labute approximate surface area is 290 Å². The predicted octanol–water partition coefficient (Wildman–Crippen LogP) is 6.06. The highest BCUT2D eigenvalue weighted by Crippen LogP contribution is 2.61. The number of hydrogen-bond acceptors (Lipinski definition) is 6. The van der Waals surface area contributed by atoms with E-state index in [4.69, 9.17) is 33.2 Å². The molecule has 1 unspecified atom stereocenters. The summed E-state index contributed by atoms with van der Waals surface area (Å²) in [5, 5.41) is 8.13. The summed E-state index contributed by atoms with van der Waals surface area (Å²) in [7, 11) is 0. The number of amides is 1. The number of nitrogens with zero attached hydrogens (tertiary/aromatic N) is 6. The van der Waals surface area contributed by atoms with Gasteiger partial charge in [0.05, 0.1) is 29.7 Å². The van der Waals surface area contributed by atoms with Gasteiger partial charge in [0.1, 0.15) is 5.69 Å². The van der Waals surface area contributed by atoms with Gasteiger partial charge < -0.3 is 15.5 Å². The molecule has 4 aromatic rings. The molecule has 1 aliphatic heterocycles. The van der Waals surface area contributed by atoms with Crippen molar-refractivity contribution in [3.05, 3.63) is 81.0 Å². The minimum atomic E-state index is -0.189. The fourth-order valence-corrected chi connectivity index (χ4v) is 8.44. The number of halogens is 2. The number of carbonyl (C=O) groups is 1. The molecular weight excluding hydrogens is 647 g/mol. The van der Waals surface area contributed by atoms with E-state index < -0.39 is 0 Å². The van der Waals surface area contributed by atoms with E-state index in [1.54, 1.807) is 41.4 Å². The van der Waals surface area contributed by atoms with Crippen LogP contribution in [0.5, 0.6) is 0 Å². The molecule has 1 saturated heterocycles. The molecule has 3 heterocycles. The van der Waals surface area contributed by atoms with Gasteiger partial charge >= 0.3 is 0 Å². The van der Waals surface area contributed by atoms with Crippen molar-refractivity contribution in [3.8, 4) is 11.5 Å². The normalized spacial score (nSPS) is 25.0. The van der Waals surface area contributed by atoms with Crippen LogP contribution >= 0.6 is 23.2 Å². The van der Waals surface area contributed by atoms with Gasteiger partial charge in [-0.3, -0.25) is 19.1 Å². The summed E-state index contributed by atoms with van der Waals surface area (Å²) in [4.78, 5) is 47.7. The molecule has 1 amide bonds. The van der Waals surface area contributed by atoms with Crippen molar-refractivity contribution in [2.75, 3.05) is 18.4 Å². The molecule has 12 heteroatoms. The highest BCUT2D eigenvalue weighted by atomic mass is 35.5. The van der Waals surface area contributed by atoms with Crippen LogP contribution in [0.4, 0.5) is 5.69 Å². The van der Waals surface area contributed by atoms with E-state index in [1.807, 2.05) is 30.0 Å². The molecule has 0 radical (unpaired) electrons. The molecule has 10 nitrogen and oxygen atoms in total. The number of piperazine rings is 1. The van der Waals surface area contributed by atoms with Crippen molar-refractivity contribution in [1.29, 1.82) is 0 Å². The van der Waals surface area contributed by atoms with E-state index in [0.717, 1.165) is 17.7 Å². The van der Waals surface area contributed by atoms with Crippen LogP contribution in [0.25, 0.3) is 22.4 Å². The number of carbonyl (C=O) groups excluding carboxylic acids is 1. The summed E-state index contributed by atoms with van der Waals surface area (Å²) < 4.78 is 1.63. The maximum atomic E-state index is 14.0. The Morgan fingerprint density at radius 1 is 1.10 bits per heavy atom. The summed E-state index contributed by atoms with van der Waals surface area (Å²) in [6, 6.07) is 11.0. The van der Waals surface area contributed by atoms with E-state index in [0.29, 0.717) is 81.1 Å². The van der Waals surface area contributed by atoms with Gasteiger partial charge in [-0.1, -0.05) is 50.0 Å². The third-order valence-electron chi connectivity index (χ3n) is 10.8. The van der Waals surface area contributed by atoms with Gasteiger partial charge in [-0.05, 0) is 85.3 Å². The summed E-state index contributed by atoms with van der Waals surface area (Å²) in [6.45, 7) is 10.3. The van der Waals surface area contributed by atoms with E-state index >= 15 is 0 Å². The summed E-state index contributed by atoms with van der Waals surface area (Å²) >= 11 is 12.6. The van der Waals surface area contributed by atoms with Gasteiger partial charge in [-0.25, -0.2) is 15.0 Å². The number of fused-ring (bicyclic) bond motifs is 3. The van der Waals surface area contributed by atoms with Crippen molar-refractivity contribution in [1.82, 2.24) is 29.7 Å². The molecule has 8 rings (SSSR count). The Kier molecular flexibility index (Phi) is 8.66. The zero-order valence-corrected chi connectivity index (χ0v) is 29.1. The van der Waals surface area contributed by atoms with Crippen molar-refractivity contribution < 1.29 is 4.79 Å². The molecule has 2 aromatic heterocycles. The van der Waals surface area contributed by atoms with Gasteiger partial charge in [-0.2, -0.15) is 0 Å². The minimum Gasteiger partial charge on any atom is -0.350 e. The number of guanidine groups is 1. The maximum Gasteiger partial charge on any atom is 0.261 e. The molecule has 2 bridgehead atoms. The third-order valence-corrected chi connectivity index (χ3v) is 11.3. The van der Waals surface area contributed by atoms with Crippen molar-refractivity contribution >= 4 is 51.7 Å². The number of aromatic nitrogens is 4.